The molecule has 5 rings (SSSR count). The maximum atomic E-state index is 13.4. The highest BCUT2D eigenvalue weighted by Crippen LogP contribution is 2.39. The first-order chi connectivity index (χ1) is 13.2. The zero-order valence-electron chi connectivity index (χ0n) is 14.7. The average Bonchev–Trinajstić information content (AvgIpc) is 3.20. The molecule has 138 valence electrons. The highest BCUT2D eigenvalue weighted by molar-refractivity contribution is 7.20. The summed E-state index contributed by atoms with van der Waals surface area (Å²) in [5.74, 6) is 0.588. The molecule has 2 saturated heterocycles. The van der Waals surface area contributed by atoms with Crippen molar-refractivity contribution in [3.8, 4) is 5.75 Å². The van der Waals surface area contributed by atoms with Crippen LogP contribution in [0.1, 0.15) is 35.4 Å². The Morgan fingerprint density at radius 2 is 2.00 bits per heavy atom. The molecular weight excluding hydrogens is 363 g/mol. The Morgan fingerprint density at radius 3 is 2.74 bits per heavy atom. The molecule has 2 aromatic heterocycles. The van der Waals surface area contributed by atoms with E-state index in [4.69, 9.17) is 4.74 Å². The number of rotatable bonds is 3. The van der Waals surface area contributed by atoms with E-state index in [1.165, 1.54) is 23.5 Å². The van der Waals surface area contributed by atoms with Crippen LogP contribution in [-0.4, -0.2) is 34.0 Å². The predicted octanol–water partition coefficient (Wildman–Crippen LogP) is 4.65. The van der Waals surface area contributed by atoms with Crippen molar-refractivity contribution in [3.63, 3.8) is 0 Å². The molecule has 0 N–H and O–H groups in total. The van der Waals surface area contributed by atoms with E-state index in [9.17, 15) is 9.18 Å². The third-order valence-electron chi connectivity index (χ3n) is 5.55. The summed E-state index contributed by atoms with van der Waals surface area (Å²) in [7, 11) is 0. The molecule has 1 aromatic carbocycles. The molecule has 3 aromatic rings. The number of benzene rings is 1. The van der Waals surface area contributed by atoms with E-state index >= 15 is 0 Å². The van der Waals surface area contributed by atoms with Crippen LogP contribution in [0.4, 0.5) is 4.39 Å². The van der Waals surface area contributed by atoms with E-state index in [2.05, 4.69) is 4.98 Å². The van der Waals surface area contributed by atoms with Gasteiger partial charge in [-0.1, -0.05) is 0 Å². The summed E-state index contributed by atoms with van der Waals surface area (Å²) in [6.45, 7) is 0. The SMILES string of the molecule is O=C(c1cc2cc(F)ccc2s1)N1C2CCC1CC(Oc1cccnc1)C2. The topological polar surface area (TPSA) is 42.4 Å². The molecule has 6 heteroatoms. The van der Waals surface area contributed by atoms with Gasteiger partial charge >= 0.3 is 0 Å². The molecule has 2 bridgehead atoms. The van der Waals surface area contributed by atoms with Gasteiger partial charge in [0.05, 0.1) is 11.1 Å². The van der Waals surface area contributed by atoms with Crippen molar-refractivity contribution in [2.24, 2.45) is 0 Å². The molecule has 2 aliphatic rings. The van der Waals surface area contributed by atoms with Gasteiger partial charge < -0.3 is 9.64 Å². The van der Waals surface area contributed by atoms with Gasteiger partial charge in [-0.05, 0) is 54.6 Å². The quantitative estimate of drug-likeness (QED) is 0.662. The summed E-state index contributed by atoms with van der Waals surface area (Å²) in [4.78, 5) is 20.0. The monoisotopic (exact) mass is 382 g/mol. The van der Waals surface area contributed by atoms with Crippen LogP contribution in [-0.2, 0) is 0 Å². The molecule has 1 amide bonds. The number of carbonyl (C=O) groups is 1. The van der Waals surface area contributed by atoms with Gasteiger partial charge in [-0.3, -0.25) is 9.78 Å². The summed E-state index contributed by atoms with van der Waals surface area (Å²) >= 11 is 1.45. The first-order valence-corrected chi connectivity index (χ1v) is 10.1. The Hall–Kier alpha value is -2.47. The van der Waals surface area contributed by atoms with Crippen LogP contribution in [0, 0.1) is 5.82 Å². The predicted molar refractivity (Wildman–Crippen MR) is 103 cm³/mol. The second-order valence-corrected chi connectivity index (χ2v) is 8.37. The molecular formula is C21H19FN2O2S. The number of carbonyl (C=O) groups excluding carboxylic acids is 1. The highest BCUT2D eigenvalue weighted by Gasteiger charge is 2.44. The third-order valence-corrected chi connectivity index (χ3v) is 6.65. The number of halogens is 1. The van der Waals surface area contributed by atoms with Crippen LogP contribution in [0.3, 0.4) is 0 Å². The number of ether oxygens (including phenoxy) is 1. The zero-order chi connectivity index (χ0) is 18.4. The van der Waals surface area contributed by atoms with E-state index in [1.807, 2.05) is 23.1 Å². The van der Waals surface area contributed by atoms with Gasteiger partial charge in [0.25, 0.3) is 5.91 Å². The van der Waals surface area contributed by atoms with Gasteiger partial charge in [-0.15, -0.1) is 11.3 Å². The molecule has 4 nitrogen and oxygen atoms in total. The van der Waals surface area contributed by atoms with Crippen molar-refractivity contribution in [1.29, 1.82) is 0 Å². The normalized spacial score (nSPS) is 24.3. The minimum absolute atomic E-state index is 0.0731. The average molecular weight is 382 g/mol. The highest BCUT2D eigenvalue weighted by atomic mass is 32.1. The van der Waals surface area contributed by atoms with Crippen LogP contribution >= 0.6 is 11.3 Å². The van der Waals surface area contributed by atoms with E-state index < -0.39 is 0 Å². The van der Waals surface area contributed by atoms with E-state index in [0.717, 1.165) is 41.5 Å². The van der Waals surface area contributed by atoms with Crippen molar-refractivity contribution in [2.45, 2.75) is 43.9 Å². The Labute approximate surface area is 160 Å². The first-order valence-electron chi connectivity index (χ1n) is 9.26. The van der Waals surface area contributed by atoms with Crippen LogP contribution < -0.4 is 4.74 Å². The number of hydrogen-bond donors (Lipinski definition) is 0. The molecule has 2 fully saturated rings. The molecule has 2 atom stereocenters. The van der Waals surface area contributed by atoms with Crippen molar-refractivity contribution in [1.82, 2.24) is 9.88 Å². The lowest BCUT2D eigenvalue weighted by Crippen LogP contribution is -2.49. The standard InChI is InChI=1S/C21H19FN2O2S/c22-14-3-6-19-13(8-14)9-20(27-19)21(25)24-15-4-5-16(24)11-18(10-15)26-17-2-1-7-23-12-17/h1-3,6-9,12,15-16,18H,4-5,10-11H2. The second-order valence-electron chi connectivity index (χ2n) is 7.29. The van der Waals surface area contributed by atoms with Crippen LogP contribution in [0.5, 0.6) is 5.75 Å². The largest absolute Gasteiger partial charge is 0.489 e. The lowest BCUT2D eigenvalue weighted by molar-refractivity contribution is 0.0362. The number of amides is 1. The smallest absolute Gasteiger partial charge is 0.264 e. The van der Waals surface area contributed by atoms with Gasteiger partial charge in [0.15, 0.2) is 0 Å². The minimum Gasteiger partial charge on any atom is -0.489 e. The minimum atomic E-state index is -0.271. The summed E-state index contributed by atoms with van der Waals surface area (Å²) < 4.78 is 20.5. The maximum absolute atomic E-state index is 13.4. The van der Waals surface area contributed by atoms with Gasteiger partial charge in [0.1, 0.15) is 17.7 Å². The van der Waals surface area contributed by atoms with Crippen molar-refractivity contribution in [3.05, 3.63) is 59.5 Å². The first kappa shape index (κ1) is 16.7. The number of thiophene rings is 1. The molecule has 0 radical (unpaired) electrons. The van der Waals surface area contributed by atoms with Crippen LogP contribution in [0.2, 0.25) is 0 Å². The number of piperidine rings is 1. The Bertz CT molecular complexity index is 976. The molecule has 27 heavy (non-hydrogen) atoms. The molecule has 0 spiro atoms. The fraction of sp³-hybridized carbons (Fsp3) is 0.333. The lowest BCUT2D eigenvalue weighted by atomic mass is 9.99. The van der Waals surface area contributed by atoms with Gasteiger partial charge in [-0.2, -0.15) is 0 Å². The zero-order valence-corrected chi connectivity index (χ0v) is 15.5. The van der Waals surface area contributed by atoms with Crippen molar-refractivity contribution in [2.75, 3.05) is 0 Å². The summed E-state index contributed by atoms with van der Waals surface area (Å²) in [5, 5.41) is 0.797. The third kappa shape index (κ3) is 3.08. The van der Waals surface area contributed by atoms with Crippen LogP contribution in [0.15, 0.2) is 48.8 Å². The fourth-order valence-electron chi connectivity index (χ4n) is 4.41. The number of aromatic nitrogens is 1. The molecule has 4 heterocycles. The summed E-state index contributed by atoms with van der Waals surface area (Å²) in [5.41, 5.74) is 0. The van der Waals surface area contributed by atoms with E-state index in [0.29, 0.717) is 4.88 Å². The Kier molecular flexibility index (Phi) is 4.08. The lowest BCUT2D eigenvalue weighted by Gasteiger charge is -2.38. The molecule has 0 saturated carbocycles. The maximum Gasteiger partial charge on any atom is 0.264 e. The van der Waals surface area contributed by atoms with E-state index in [1.54, 1.807) is 18.5 Å². The summed E-state index contributed by atoms with van der Waals surface area (Å²) in [6, 6.07) is 10.7. The number of pyridine rings is 1. The van der Waals surface area contributed by atoms with Crippen LogP contribution in [0.25, 0.3) is 10.1 Å². The van der Waals surface area contributed by atoms with Gasteiger partial charge in [-0.25, -0.2) is 4.39 Å². The molecule has 2 unspecified atom stereocenters. The Balaban J connectivity index is 1.34. The summed E-state index contributed by atoms with van der Waals surface area (Å²) in [6.07, 6.45) is 7.30. The number of fused-ring (bicyclic) bond motifs is 3. The molecule has 0 aliphatic carbocycles. The van der Waals surface area contributed by atoms with E-state index in [-0.39, 0.29) is 29.9 Å². The fourth-order valence-corrected chi connectivity index (χ4v) is 5.40. The van der Waals surface area contributed by atoms with Gasteiger partial charge in [0.2, 0.25) is 0 Å². The molecule has 2 aliphatic heterocycles. The van der Waals surface area contributed by atoms with Crippen molar-refractivity contribution >= 4 is 27.3 Å². The van der Waals surface area contributed by atoms with Crippen molar-refractivity contribution < 1.29 is 13.9 Å². The van der Waals surface area contributed by atoms with Gasteiger partial charge in [0, 0.05) is 35.8 Å². The Morgan fingerprint density at radius 1 is 1.19 bits per heavy atom. The second kappa shape index (κ2) is 6.60. The number of nitrogens with zero attached hydrogens (tertiary/aromatic N) is 2. The number of hydrogen-bond acceptors (Lipinski definition) is 4.